The maximum absolute atomic E-state index is 10.4. The number of aromatic nitrogens is 1. The number of hydrogen-bond acceptors (Lipinski definition) is 3. The summed E-state index contributed by atoms with van der Waals surface area (Å²) in [5.41, 5.74) is 5.39. The van der Waals surface area contributed by atoms with Gasteiger partial charge in [0.05, 0.1) is 5.69 Å². The highest BCUT2D eigenvalue weighted by atomic mass is 79.9. The Bertz CT molecular complexity index is 301. The molecule has 11 heavy (non-hydrogen) atoms. The predicted octanol–water partition coefficient (Wildman–Crippen LogP) is 1.12. The van der Waals surface area contributed by atoms with E-state index in [1.165, 1.54) is 12.3 Å². The highest BCUT2D eigenvalue weighted by Crippen LogP contribution is 2.15. The van der Waals surface area contributed by atoms with E-state index in [0.29, 0.717) is 4.47 Å². The number of hydrogen-bond donors (Lipinski definition) is 2. The van der Waals surface area contributed by atoms with Crippen molar-refractivity contribution in [1.29, 1.82) is 0 Å². The third kappa shape index (κ3) is 1.68. The summed E-state index contributed by atoms with van der Waals surface area (Å²) in [4.78, 5) is 14.0. The predicted molar refractivity (Wildman–Crippen MR) is 43.3 cm³/mol. The Balaban J connectivity index is 3.20. The first-order valence-electron chi connectivity index (χ1n) is 2.75. The van der Waals surface area contributed by atoms with Crippen molar-refractivity contribution in [3.8, 4) is 0 Å². The molecule has 5 heteroatoms. The summed E-state index contributed by atoms with van der Waals surface area (Å²) in [5.74, 6) is -1.12. The fraction of sp³-hybridized carbons (Fsp3) is 0. The number of aromatic carboxylic acids is 1. The van der Waals surface area contributed by atoms with Gasteiger partial charge in [-0.15, -0.1) is 0 Å². The van der Waals surface area contributed by atoms with E-state index >= 15 is 0 Å². The third-order valence-electron chi connectivity index (χ3n) is 1.09. The zero-order valence-electron chi connectivity index (χ0n) is 5.41. The van der Waals surface area contributed by atoms with Crippen LogP contribution in [0.4, 0.5) is 5.69 Å². The summed E-state index contributed by atoms with van der Waals surface area (Å²) in [6.07, 6.45) is 1.39. The quantitative estimate of drug-likeness (QED) is 0.738. The van der Waals surface area contributed by atoms with E-state index in [-0.39, 0.29) is 11.4 Å². The number of carboxylic acids is 1. The van der Waals surface area contributed by atoms with E-state index in [9.17, 15) is 4.79 Å². The number of nitrogens with two attached hydrogens (primary N) is 1. The third-order valence-corrected chi connectivity index (χ3v) is 1.52. The smallest absolute Gasteiger partial charge is 0.356 e. The second-order valence-electron chi connectivity index (χ2n) is 1.90. The van der Waals surface area contributed by atoms with Crippen molar-refractivity contribution in [2.75, 3.05) is 5.73 Å². The fourth-order valence-corrected chi connectivity index (χ4v) is 0.983. The Labute approximate surface area is 71.2 Å². The molecule has 0 radical (unpaired) electrons. The largest absolute Gasteiger partial charge is 0.476 e. The lowest BCUT2D eigenvalue weighted by molar-refractivity contribution is 0.0692. The van der Waals surface area contributed by atoms with Gasteiger partial charge in [0.2, 0.25) is 0 Å². The second-order valence-corrected chi connectivity index (χ2v) is 2.81. The van der Waals surface area contributed by atoms with Crippen LogP contribution < -0.4 is 5.73 Å². The molecule has 58 valence electrons. The van der Waals surface area contributed by atoms with Gasteiger partial charge < -0.3 is 10.8 Å². The molecule has 1 aromatic rings. The number of carbonyl (C=O) groups is 1. The standard InChI is InChI=1S/C6H5BrN2O2/c7-3-1-4(8)5(6(10)11)9-2-3/h1-2H,8H2,(H,10,11). The van der Waals surface area contributed by atoms with Gasteiger partial charge in [-0.25, -0.2) is 9.78 Å². The van der Waals surface area contributed by atoms with Crippen molar-refractivity contribution in [3.63, 3.8) is 0 Å². The first kappa shape index (κ1) is 8.00. The minimum absolute atomic E-state index is 0.117. The van der Waals surface area contributed by atoms with Crippen LogP contribution >= 0.6 is 15.9 Å². The lowest BCUT2D eigenvalue weighted by atomic mass is 10.3. The second kappa shape index (κ2) is 2.87. The number of anilines is 1. The van der Waals surface area contributed by atoms with Crippen LogP contribution in [-0.4, -0.2) is 16.1 Å². The van der Waals surface area contributed by atoms with Gasteiger partial charge in [0.15, 0.2) is 5.69 Å². The molecule has 0 aliphatic heterocycles. The van der Waals surface area contributed by atoms with Gasteiger partial charge in [-0.1, -0.05) is 0 Å². The highest BCUT2D eigenvalue weighted by molar-refractivity contribution is 9.10. The Hall–Kier alpha value is -1.10. The molecule has 0 fully saturated rings. The number of halogens is 1. The summed E-state index contributed by atoms with van der Waals surface area (Å²) in [7, 11) is 0. The van der Waals surface area contributed by atoms with Crippen molar-refractivity contribution in [1.82, 2.24) is 4.98 Å². The van der Waals surface area contributed by atoms with E-state index in [4.69, 9.17) is 10.8 Å². The summed E-state index contributed by atoms with van der Waals surface area (Å²) in [6, 6.07) is 1.50. The highest BCUT2D eigenvalue weighted by Gasteiger charge is 2.08. The van der Waals surface area contributed by atoms with Crippen LogP contribution in [-0.2, 0) is 0 Å². The van der Waals surface area contributed by atoms with Crippen LogP contribution in [0.5, 0.6) is 0 Å². The normalized spacial score (nSPS) is 9.55. The maximum atomic E-state index is 10.4. The van der Waals surface area contributed by atoms with E-state index in [1.54, 1.807) is 0 Å². The fourth-order valence-electron chi connectivity index (χ4n) is 0.634. The minimum atomic E-state index is -1.12. The zero-order valence-corrected chi connectivity index (χ0v) is 7.00. The maximum Gasteiger partial charge on any atom is 0.356 e. The summed E-state index contributed by atoms with van der Waals surface area (Å²) in [6.45, 7) is 0. The molecular formula is C6H5BrN2O2. The summed E-state index contributed by atoms with van der Waals surface area (Å²) < 4.78 is 0.667. The van der Waals surface area contributed by atoms with Gasteiger partial charge in [-0.2, -0.15) is 0 Å². The number of nitrogen functional groups attached to an aromatic ring is 1. The lowest BCUT2D eigenvalue weighted by Crippen LogP contribution is -2.04. The lowest BCUT2D eigenvalue weighted by Gasteiger charge is -1.98. The molecule has 0 amide bonds. The molecule has 0 saturated carbocycles. The monoisotopic (exact) mass is 216 g/mol. The number of pyridine rings is 1. The molecule has 4 nitrogen and oxygen atoms in total. The zero-order chi connectivity index (χ0) is 8.43. The Kier molecular flexibility index (Phi) is 2.09. The average Bonchev–Trinajstić information content (AvgIpc) is 1.85. The van der Waals surface area contributed by atoms with Crippen LogP contribution in [0, 0.1) is 0 Å². The molecule has 1 aromatic heterocycles. The van der Waals surface area contributed by atoms with Crippen LogP contribution in [0.25, 0.3) is 0 Å². The first-order chi connectivity index (χ1) is 5.11. The number of rotatable bonds is 1. The SMILES string of the molecule is Nc1cc(Br)cnc1C(=O)O. The van der Waals surface area contributed by atoms with Crippen molar-refractivity contribution in [3.05, 3.63) is 22.4 Å². The van der Waals surface area contributed by atoms with Crippen LogP contribution in [0.15, 0.2) is 16.7 Å². The van der Waals surface area contributed by atoms with Crippen molar-refractivity contribution in [2.24, 2.45) is 0 Å². The number of nitrogens with zero attached hydrogens (tertiary/aromatic N) is 1. The van der Waals surface area contributed by atoms with Gasteiger partial charge in [0.25, 0.3) is 0 Å². The first-order valence-corrected chi connectivity index (χ1v) is 3.55. The molecule has 0 unspecified atom stereocenters. The molecule has 0 aliphatic carbocycles. The van der Waals surface area contributed by atoms with E-state index in [2.05, 4.69) is 20.9 Å². The molecule has 0 atom stereocenters. The van der Waals surface area contributed by atoms with Crippen molar-refractivity contribution < 1.29 is 9.90 Å². The Morgan fingerprint density at radius 1 is 1.73 bits per heavy atom. The van der Waals surface area contributed by atoms with Gasteiger partial charge >= 0.3 is 5.97 Å². The molecule has 0 bridgehead atoms. The molecule has 0 aliphatic rings. The van der Waals surface area contributed by atoms with E-state index in [0.717, 1.165) is 0 Å². The molecule has 1 rings (SSSR count). The molecule has 0 spiro atoms. The van der Waals surface area contributed by atoms with Crippen LogP contribution in [0.1, 0.15) is 10.5 Å². The number of carboxylic acid groups (broad SMARTS) is 1. The van der Waals surface area contributed by atoms with Gasteiger partial charge in [-0.3, -0.25) is 0 Å². The Morgan fingerprint density at radius 3 is 2.82 bits per heavy atom. The molecule has 1 heterocycles. The summed E-state index contributed by atoms with van der Waals surface area (Å²) in [5, 5.41) is 8.50. The summed E-state index contributed by atoms with van der Waals surface area (Å²) >= 11 is 3.11. The van der Waals surface area contributed by atoms with Crippen LogP contribution in [0.3, 0.4) is 0 Å². The van der Waals surface area contributed by atoms with E-state index < -0.39 is 5.97 Å². The molecule has 0 aromatic carbocycles. The minimum Gasteiger partial charge on any atom is -0.476 e. The molecular weight excluding hydrogens is 212 g/mol. The van der Waals surface area contributed by atoms with Crippen molar-refractivity contribution >= 4 is 27.6 Å². The van der Waals surface area contributed by atoms with E-state index in [1.807, 2.05) is 0 Å². The Morgan fingerprint density at radius 2 is 2.36 bits per heavy atom. The van der Waals surface area contributed by atoms with Crippen molar-refractivity contribution in [2.45, 2.75) is 0 Å². The van der Waals surface area contributed by atoms with Gasteiger partial charge in [-0.05, 0) is 22.0 Å². The van der Waals surface area contributed by atoms with Crippen LogP contribution in [0.2, 0.25) is 0 Å². The van der Waals surface area contributed by atoms with Gasteiger partial charge in [0, 0.05) is 10.7 Å². The average molecular weight is 217 g/mol. The molecule has 0 saturated heterocycles. The molecule has 3 N–H and O–H groups in total. The van der Waals surface area contributed by atoms with Gasteiger partial charge in [0.1, 0.15) is 0 Å². The topological polar surface area (TPSA) is 76.2 Å².